The minimum Gasteiger partial charge on any atom is -0.496 e. The highest BCUT2D eigenvalue weighted by Crippen LogP contribution is 2.43. The number of ether oxygens (including phenoxy) is 10. The van der Waals surface area contributed by atoms with E-state index in [2.05, 4.69) is 104 Å². The van der Waals surface area contributed by atoms with Gasteiger partial charge in [-0.2, -0.15) is 0 Å². The first-order valence-corrected chi connectivity index (χ1v) is 32.3. The normalized spacial score (nSPS) is 11.7. The summed E-state index contributed by atoms with van der Waals surface area (Å²) in [6.07, 6.45) is 22.7. The Kier molecular flexibility index (Phi) is 24.1. The molecule has 91 heavy (non-hydrogen) atoms. The molecule has 0 spiro atoms. The first-order chi connectivity index (χ1) is 44.6. The Balaban J connectivity index is 1.19. The number of benzene rings is 8. The Morgan fingerprint density at radius 2 is 0.626 bits per heavy atom. The number of hydrogen-bond donors (Lipinski definition) is 0. The van der Waals surface area contributed by atoms with Gasteiger partial charge in [0.05, 0.1) is 75.7 Å². The predicted molar refractivity (Wildman–Crippen MR) is 368 cm³/mol. The summed E-state index contributed by atoms with van der Waals surface area (Å²) in [7, 11) is 13.6. The third-order valence-electron chi connectivity index (χ3n) is 17.3. The average Bonchev–Trinajstić information content (AvgIpc) is 1.02. The Labute approximate surface area is 541 Å². The highest BCUT2D eigenvalue weighted by molar-refractivity contribution is 5.79. The molecule has 8 aromatic carbocycles. The first-order valence-electron chi connectivity index (χ1n) is 32.3. The smallest absolute Gasteiger partial charge is 0.135 e. The zero-order valence-electron chi connectivity index (χ0n) is 55.2. The third-order valence-corrected chi connectivity index (χ3v) is 17.3. The highest BCUT2D eigenvalue weighted by Gasteiger charge is 2.24. The van der Waals surface area contributed by atoms with Gasteiger partial charge in [0, 0.05) is 87.7 Å². The van der Waals surface area contributed by atoms with Gasteiger partial charge in [-0.15, -0.1) is 6.42 Å². The second-order valence-corrected chi connectivity index (χ2v) is 23.4. The van der Waals surface area contributed by atoms with Gasteiger partial charge in [-0.05, 0) is 149 Å². The van der Waals surface area contributed by atoms with Crippen LogP contribution in [0.15, 0.2) is 127 Å². The quantitative estimate of drug-likeness (QED) is 0.0386. The van der Waals surface area contributed by atoms with Gasteiger partial charge in [-0.25, -0.2) is 0 Å². The van der Waals surface area contributed by atoms with Crippen molar-refractivity contribution >= 4 is 0 Å². The topological polar surface area (TPSA) is 92.3 Å². The molecule has 474 valence electrons. The van der Waals surface area contributed by atoms with Crippen LogP contribution < -0.4 is 47.4 Å². The predicted octanol–water partition coefficient (Wildman–Crippen LogP) is 18.2. The zero-order chi connectivity index (χ0) is 64.1. The summed E-state index contributed by atoms with van der Waals surface area (Å²) < 4.78 is 62.6. The van der Waals surface area contributed by atoms with Crippen molar-refractivity contribution in [2.24, 2.45) is 0 Å². The van der Waals surface area contributed by atoms with Crippen LogP contribution in [0, 0.1) is 24.2 Å². The van der Waals surface area contributed by atoms with Gasteiger partial charge in [-0.1, -0.05) is 120 Å². The molecule has 0 atom stereocenters. The lowest BCUT2D eigenvalue weighted by Crippen LogP contribution is -2.04. The molecule has 0 aliphatic heterocycles. The summed E-state index contributed by atoms with van der Waals surface area (Å²) in [6.45, 7) is 5.81. The number of rotatable bonds is 26. The van der Waals surface area contributed by atoms with Crippen LogP contribution in [-0.4, -0.2) is 70.1 Å². The fourth-order valence-corrected chi connectivity index (χ4v) is 12.3. The lowest BCUT2D eigenvalue weighted by atomic mass is 9.85. The molecule has 10 heteroatoms. The van der Waals surface area contributed by atoms with E-state index in [0.717, 1.165) is 143 Å². The fourth-order valence-electron chi connectivity index (χ4n) is 12.3. The van der Waals surface area contributed by atoms with Gasteiger partial charge < -0.3 is 47.4 Å². The molecule has 10 aliphatic carbocycles. The van der Waals surface area contributed by atoms with Crippen LogP contribution in [0.4, 0.5) is 0 Å². The van der Waals surface area contributed by atoms with Crippen molar-refractivity contribution in [2.45, 2.75) is 123 Å². The van der Waals surface area contributed by atoms with Gasteiger partial charge in [-0.3, -0.25) is 0 Å². The summed E-state index contributed by atoms with van der Waals surface area (Å²) in [5.41, 5.74) is 16.1. The molecule has 10 aliphatic rings. The van der Waals surface area contributed by atoms with Crippen LogP contribution in [0.25, 0.3) is 22.3 Å². The van der Waals surface area contributed by atoms with E-state index >= 15 is 0 Å². The monoisotopic (exact) mass is 1220 g/mol. The van der Waals surface area contributed by atoms with E-state index in [1.54, 1.807) is 56.9 Å². The SMILES string of the molecule is C#Cc1ccc(-c2cc3c(-c4ccc(C#Cc5cc(OCCCCCCCC)ccc5OCCCCCCCC)cc4)cc2Cc2cc(OC)c(cc2OC)Cc2cc(OC)c(cc2OC)Cc2cc(OC)c(cc2OC)Cc2cc(OC)c(cc2OC)C3)cc1. The number of unbranched alkanes of at least 4 members (excludes halogenated alkanes) is 10. The van der Waals surface area contributed by atoms with Crippen molar-refractivity contribution in [3.8, 4) is 104 Å². The van der Waals surface area contributed by atoms with Gasteiger partial charge in [0.1, 0.15) is 57.5 Å². The van der Waals surface area contributed by atoms with E-state index in [9.17, 15) is 0 Å². The highest BCUT2D eigenvalue weighted by atomic mass is 16.5. The van der Waals surface area contributed by atoms with E-state index in [4.69, 9.17) is 53.8 Å². The van der Waals surface area contributed by atoms with E-state index < -0.39 is 0 Å². The van der Waals surface area contributed by atoms with Crippen molar-refractivity contribution < 1.29 is 47.4 Å². The molecule has 0 fully saturated rings. The van der Waals surface area contributed by atoms with Crippen molar-refractivity contribution in [1.82, 2.24) is 0 Å². The van der Waals surface area contributed by atoms with Crippen molar-refractivity contribution in [2.75, 3.05) is 70.1 Å². The number of methoxy groups -OCH3 is 8. The van der Waals surface area contributed by atoms with Crippen LogP contribution in [0.1, 0.15) is 163 Å². The van der Waals surface area contributed by atoms with Crippen LogP contribution in [-0.2, 0) is 32.1 Å². The molecule has 0 N–H and O–H groups in total. The molecule has 18 rings (SSSR count). The van der Waals surface area contributed by atoms with Gasteiger partial charge >= 0.3 is 0 Å². The van der Waals surface area contributed by atoms with Gasteiger partial charge in [0.15, 0.2) is 0 Å². The van der Waals surface area contributed by atoms with E-state index in [0.29, 0.717) is 79.8 Å². The van der Waals surface area contributed by atoms with E-state index in [-0.39, 0.29) is 0 Å². The third kappa shape index (κ3) is 16.8. The molecule has 10 nitrogen and oxygen atoms in total. The maximum absolute atomic E-state index is 6.46. The molecule has 0 radical (unpaired) electrons. The average molecular weight is 1220 g/mol. The molecular weight excluding hydrogens is 1130 g/mol. The van der Waals surface area contributed by atoms with Crippen LogP contribution in [0.2, 0.25) is 0 Å². The first kappa shape index (κ1) is 66.3. The van der Waals surface area contributed by atoms with Crippen molar-refractivity contribution in [1.29, 1.82) is 0 Å². The molecular formula is C81H90O10. The minimum atomic E-state index is 0.469. The molecule has 0 aromatic heterocycles. The maximum atomic E-state index is 6.46. The molecule has 10 bridgehead atoms. The summed E-state index contributed by atoms with van der Waals surface area (Å²) in [5, 5.41) is 0. The van der Waals surface area contributed by atoms with Gasteiger partial charge in [0.25, 0.3) is 0 Å². The summed E-state index contributed by atoms with van der Waals surface area (Å²) in [6, 6.07) is 44.0. The van der Waals surface area contributed by atoms with Crippen LogP contribution in [0.5, 0.6) is 57.5 Å². The Bertz CT molecular complexity index is 3840. The van der Waals surface area contributed by atoms with Gasteiger partial charge in [0.2, 0.25) is 0 Å². The van der Waals surface area contributed by atoms with E-state index in [1.807, 2.05) is 54.6 Å². The van der Waals surface area contributed by atoms with Crippen molar-refractivity contribution in [3.05, 3.63) is 200 Å². The molecule has 0 heterocycles. The fraction of sp³-hybridized carbons (Fsp3) is 0.358. The standard InChI is InChI=1S/C81H90O10/c1-12-15-17-19-21-23-37-90-70-35-36-73(91-38-24-22-20-18-16-13-2)59(44-70)34-29-56-27-32-58(33-28-56)72-46-60-39-62-47-76(84-6)64(49-74(62)82-4)41-66-51-80(88-10)68(53-78(66)86-8)43-69-54-79(87-9)67(52-81(69)89-11)42-65-50-75(83-5)63(48-77(65)85-7)40-61(72)45-71(60)57-30-25-55(14-3)26-31-57/h3,25-28,30-33,35-36,44-54H,12-13,15-24,37-43H2,1-2,4-11H3. The molecule has 0 unspecified atom stereocenters. The Hall–Kier alpha value is -9.12. The number of terminal acetylenes is 1. The molecule has 8 aromatic rings. The maximum Gasteiger partial charge on any atom is 0.135 e. The Morgan fingerprint density at radius 1 is 0.308 bits per heavy atom. The summed E-state index contributed by atoms with van der Waals surface area (Å²) in [4.78, 5) is 0. The lowest BCUT2D eigenvalue weighted by Gasteiger charge is -2.21. The van der Waals surface area contributed by atoms with Crippen LogP contribution >= 0.6 is 0 Å². The summed E-state index contributed by atoms with van der Waals surface area (Å²) >= 11 is 0. The summed E-state index contributed by atoms with van der Waals surface area (Å²) in [5.74, 6) is 17.1. The molecule has 0 amide bonds. The minimum absolute atomic E-state index is 0.469. The molecule has 0 saturated heterocycles. The number of hydrogen-bond acceptors (Lipinski definition) is 10. The van der Waals surface area contributed by atoms with Crippen LogP contribution in [0.3, 0.4) is 0 Å². The lowest BCUT2D eigenvalue weighted by molar-refractivity contribution is 0.295. The van der Waals surface area contributed by atoms with Crippen molar-refractivity contribution in [3.63, 3.8) is 0 Å². The second kappa shape index (κ2) is 33.1. The largest absolute Gasteiger partial charge is 0.496 e. The van der Waals surface area contributed by atoms with E-state index in [1.165, 1.54) is 51.4 Å². The Morgan fingerprint density at radius 3 is 0.967 bits per heavy atom. The molecule has 0 saturated carbocycles. The second-order valence-electron chi connectivity index (χ2n) is 23.4. The zero-order valence-corrected chi connectivity index (χ0v) is 55.2.